The molecule has 1 atom stereocenters. The Labute approximate surface area is 375 Å². The van der Waals surface area contributed by atoms with Crippen molar-refractivity contribution in [3.05, 3.63) is 97.2 Å². The van der Waals surface area contributed by atoms with Gasteiger partial charge in [0.2, 0.25) is 0 Å². The lowest BCUT2D eigenvalue weighted by Crippen LogP contribution is -2.30. The van der Waals surface area contributed by atoms with Crippen LogP contribution < -0.4 is 0 Å². The Hall–Kier alpha value is -3.67. The SMILES string of the molecule is CC/C=C\C/C=C\C/C=C\C/C=C\C/C=C\C/C=C\C/C=C\C/C=C\CCCCCCC(=O)OCC(COC(=O)CCCCCCCCC)OC(=O)CCCCCCCCC. The van der Waals surface area contributed by atoms with E-state index in [0.717, 1.165) is 122 Å². The number of esters is 3. The Morgan fingerprint density at radius 3 is 1.00 bits per heavy atom. The Kier molecular flexibility index (Phi) is 46.0. The number of hydrogen-bond donors (Lipinski definition) is 0. The van der Waals surface area contributed by atoms with Crippen LogP contribution in [-0.2, 0) is 28.6 Å². The Bertz CT molecular complexity index is 1250. The van der Waals surface area contributed by atoms with Gasteiger partial charge in [0, 0.05) is 19.3 Å². The van der Waals surface area contributed by atoms with E-state index in [4.69, 9.17) is 14.2 Å². The number of carbonyl (C=O) groups is 3. The van der Waals surface area contributed by atoms with Crippen molar-refractivity contribution >= 4 is 17.9 Å². The second-order valence-corrected chi connectivity index (χ2v) is 16.0. The van der Waals surface area contributed by atoms with Gasteiger partial charge in [0.15, 0.2) is 6.10 Å². The highest BCUT2D eigenvalue weighted by molar-refractivity contribution is 5.71. The summed E-state index contributed by atoms with van der Waals surface area (Å²) >= 11 is 0. The molecule has 0 saturated heterocycles. The molecule has 0 rings (SSSR count). The molecule has 0 aliphatic carbocycles. The molecule has 1 unspecified atom stereocenters. The summed E-state index contributed by atoms with van der Waals surface area (Å²) in [4.78, 5) is 37.5. The maximum Gasteiger partial charge on any atom is 0.306 e. The summed E-state index contributed by atoms with van der Waals surface area (Å²) in [6.07, 6.45) is 64.3. The zero-order valence-electron chi connectivity index (χ0n) is 39.4. The molecular formula is C55H90O6. The third kappa shape index (κ3) is 47.2. The molecule has 0 N–H and O–H groups in total. The van der Waals surface area contributed by atoms with Crippen molar-refractivity contribution in [1.29, 1.82) is 0 Å². The molecular weight excluding hydrogens is 757 g/mol. The molecule has 0 saturated carbocycles. The molecule has 0 bridgehead atoms. The van der Waals surface area contributed by atoms with E-state index in [9.17, 15) is 14.4 Å². The number of ether oxygens (including phenoxy) is 3. The van der Waals surface area contributed by atoms with Gasteiger partial charge >= 0.3 is 17.9 Å². The predicted molar refractivity (Wildman–Crippen MR) is 260 cm³/mol. The smallest absolute Gasteiger partial charge is 0.306 e. The van der Waals surface area contributed by atoms with Crippen molar-refractivity contribution in [2.75, 3.05) is 13.2 Å². The van der Waals surface area contributed by atoms with Crippen LogP contribution in [0.15, 0.2) is 97.2 Å². The molecule has 0 fully saturated rings. The second-order valence-electron chi connectivity index (χ2n) is 16.0. The Balaban J connectivity index is 4.14. The van der Waals surface area contributed by atoms with Crippen molar-refractivity contribution in [1.82, 2.24) is 0 Å². The van der Waals surface area contributed by atoms with Crippen LogP contribution in [0.3, 0.4) is 0 Å². The van der Waals surface area contributed by atoms with Crippen LogP contribution in [-0.4, -0.2) is 37.2 Å². The van der Waals surface area contributed by atoms with E-state index in [-0.39, 0.29) is 31.1 Å². The molecule has 0 aliphatic rings. The average molecular weight is 847 g/mol. The minimum absolute atomic E-state index is 0.0852. The third-order valence-electron chi connectivity index (χ3n) is 10.1. The van der Waals surface area contributed by atoms with E-state index < -0.39 is 6.10 Å². The minimum Gasteiger partial charge on any atom is -0.462 e. The summed E-state index contributed by atoms with van der Waals surface area (Å²) in [5.74, 6) is -0.932. The lowest BCUT2D eigenvalue weighted by atomic mass is 10.1. The fourth-order valence-electron chi connectivity index (χ4n) is 6.40. The molecule has 0 spiro atoms. The van der Waals surface area contributed by atoms with Gasteiger partial charge in [-0.25, -0.2) is 0 Å². The van der Waals surface area contributed by atoms with Crippen LogP contribution in [0, 0.1) is 0 Å². The summed E-state index contributed by atoms with van der Waals surface area (Å²) in [6, 6.07) is 0. The Morgan fingerprint density at radius 2 is 0.639 bits per heavy atom. The monoisotopic (exact) mass is 847 g/mol. The molecule has 0 heterocycles. The first-order chi connectivity index (χ1) is 30.0. The molecule has 6 heteroatoms. The normalized spacial score (nSPS) is 12.9. The van der Waals surface area contributed by atoms with Crippen LogP contribution >= 0.6 is 0 Å². The van der Waals surface area contributed by atoms with E-state index in [1.165, 1.54) is 51.4 Å². The fourth-order valence-corrected chi connectivity index (χ4v) is 6.40. The standard InChI is InChI=1S/C55H90O6/c1-4-7-10-13-16-17-18-19-20-21-22-23-24-25-26-27-28-29-30-31-32-33-34-35-36-37-40-42-45-48-54(57)60-51-52(61-55(58)49-46-43-39-15-12-9-6-3)50-59-53(56)47-44-41-38-14-11-8-5-2/h7,10,16-17,19-20,22-23,25-26,28-29,31-32,34-35,52H,4-6,8-9,11-15,18,21,24,27,30,33,36-51H2,1-3H3/b10-7-,17-16-,20-19-,23-22-,26-25-,29-28-,32-31-,35-34-. The van der Waals surface area contributed by atoms with Crippen LogP contribution in [0.5, 0.6) is 0 Å². The topological polar surface area (TPSA) is 78.9 Å². The molecule has 0 aromatic heterocycles. The molecule has 346 valence electrons. The lowest BCUT2D eigenvalue weighted by Gasteiger charge is -2.18. The number of allylic oxidation sites excluding steroid dienone is 16. The van der Waals surface area contributed by atoms with Crippen molar-refractivity contribution in [3.8, 4) is 0 Å². The number of carbonyl (C=O) groups excluding carboxylic acids is 3. The summed E-state index contributed by atoms with van der Waals surface area (Å²) in [5.41, 5.74) is 0. The molecule has 0 radical (unpaired) electrons. The zero-order valence-corrected chi connectivity index (χ0v) is 39.4. The zero-order chi connectivity index (χ0) is 44.4. The number of rotatable bonds is 43. The largest absolute Gasteiger partial charge is 0.462 e. The van der Waals surface area contributed by atoms with Gasteiger partial charge in [0.1, 0.15) is 13.2 Å². The van der Waals surface area contributed by atoms with E-state index in [2.05, 4.69) is 118 Å². The summed E-state index contributed by atoms with van der Waals surface area (Å²) in [7, 11) is 0. The average Bonchev–Trinajstić information content (AvgIpc) is 3.26. The first-order valence-electron chi connectivity index (χ1n) is 24.7. The molecule has 0 aromatic carbocycles. The first kappa shape index (κ1) is 57.3. The molecule has 0 aliphatic heterocycles. The van der Waals surface area contributed by atoms with Gasteiger partial charge in [-0.2, -0.15) is 0 Å². The second kappa shape index (κ2) is 49.0. The van der Waals surface area contributed by atoms with Gasteiger partial charge in [-0.1, -0.05) is 208 Å². The van der Waals surface area contributed by atoms with Gasteiger partial charge in [0.05, 0.1) is 0 Å². The quantitative estimate of drug-likeness (QED) is 0.0263. The van der Waals surface area contributed by atoms with Crippen LogP contribution in [0.1, 0.15) is 213 Å². The van der Waals surface area contributed by atoms with E-state index >= 15 is 0 Å². The molecule has 0 aromatic rings. The predicted octanol–water partition coefficient (Wildman–Crippen LogP) is 16.2. The van der Waals surface area contributed by atoms with Gasteiger partial charge in [-0.05, 0) is 83.5 Å². The van der Waals surface area contributed by atoms with Crippen LogP contribution in [0.25, 0.3) is 0 Å². The van der Waals surface area contributed by atoms with Crippen molar-refractivity contribution < 1.29 is 28.6 Å². The fraction of sp³-hybridized carbons (Fsp3) is 0.655. The highest BCUT2D eigenvalue weighted by atomic mass is 16.6. The summed E-state index contributed by atoms with van der Waals surface area (Å²) < 4.78 is 16.6. The van der Waals surface area contributed by atoms with Crippen molar-refractivity contribution in [2.24, 2.45) is 0 Å². The number of unbranched alkanes of at least 4 members (excludes halogenated alkanes) is 16. The molecule has 61 heavy (non-hydrogen) atoms. The van der Waals surface area contributed by atoms with Gasteiger partial charge in [-0.15, -0.1) is 0 Å². The maximum absolute atomic E-state index is 12.6. The lowest BCUT2D eigenvalue weighted by molar-refractivity contribution is -0.167. The summed E-state index contributed by atoms with van der Waals surface area (Å²) in [5, 5.41) is 0. The maximum atomic E-state index is 12.6. The number of hydrogen-bond acceptors (Lipinski definition) is 6. The highest BCUT2D eigenvalue weighted by Crippen LogP contribution is 2.13. The Morgan fingerprint density at radius 1 is 0.344 bits per heavy atom. The van der Waals surface area contributed by atoms with Crippen molar-refractivity contribution in [2.45, 2.75) is 219 Å². The first-order valence-corrected chi connectivity index (χ1v) is 24.7. The molecule has 6 nitrogen and oxygen atoms in total. The molecule has 0 amide bonds. The van der Waals surface area contributed by atoms with Crippen LogP contribution in [0.4, 0.5) is 0 Å². The van der Waals surface area contributed by atoms with E-state index in [0.29, 0.717) is 19.3 Å². The van der Waals surface area contributed by atoms with Gasteiger partial charge in [-0.3, -0.25) is 14.4 Å². The highest BCUT2D eigenvalue weighted by Gasteiger charge is 2.19. The van der Waals surface area contributed by atoms with E-state index in [1.54, 1.807) is 0 Å². The minimum atomic E-state index is -0.780. The summed E-state index contributed by atoms with van der Waals surface area (Å²) in [6.45, 7) is 6.39. The van der Waals surface area contributed by atoms with Crippen molar-refractivity contribution in [3.63, 3.8) is 0 Å². The van der Waals surface area contributed by atoms with Crippen LogP contribution in [0.2, 0.25) is 0 Å². The van der Waals surface area contributed by atoms with Gasteiger partial charge in [0.25, 0.3) is 0 Å². The third-order valence-corrected chi connectivity index (χ3v) is 10.1. The van der Waals surface area contributed by atoms with E-state index in [1.807, 2.05) is 0 Å². The van der Waals surface area contributed by atoms with Gasteiger partial charge < -0.3 is 14.2 Å².